The smallest absolute Gasteiger partial charge is 0.0250 e. The van der Waals surface area contributed by atoms with Gasteiger partial charge in [-0.2, -0.15) is 5.48 Å². The Kier molecular flexibility index (Phi) is 9.57. The van der Waals surface area contributed by atoms with Crippen LogP contribution in [0.2, 0.25) is 0 Å². The van der Waals surface area contributed by atoms with E-state index in [-0.39, 0.29) is 0 Å². The van der Waals surface area contributed by atoms with Crippen LogP contribution in [-0.4, -0.2) is 12.8 Å². The molecule has 0 saturated carbocycles. The molecule has 12 heavy (non-hydrogen) atoms. The monoisotopic (exact) mass is 191 g/mol. The second-order valence-corrected chi connectivity index (χ2v) is 3.51. The summed E-state index contributed by atoms with van der Waals surface area (Å²) in [7, 11) is 0. The normalized spacial score (nSPS) is 13.2. The molecule has 0 rings (SSSR count). The molecule has 0 aliphatic carbocycles. The van der Waals surface area contributed by atoms with Crippen LogP contribution in [-0.2, 0) is 4.28 Å². The van der Waals surface area contributed by atoms with Crippen molar-refractivity contribution in [3.8, 4) is 0 Å². The van der Waals surface area contributed by atoms with Gasteiger partial charge in [0.1, 0.15) is 0 Å². The third kappa shape index (κ3) is 6.95. The lowest BCUT2D eigenvalue weighted by atomic mass is 10.00. The standard InChI is InChI=1S/C9H21NOS/c1-4-6-7-9(5-2)8-10-11-12-3/h9-10H,4-8H2,1-3H3. The van der Waals surface area contributed by atoms with E-state index < -0.39 is 0 Å². The van der Waals surface area contributed by atoms with Crippen LogP contribution in [0, 0.1) is 5.92 Å². The fourth-order valence-electron chi connectivity index (χ4n) is 1.15. The molecule has 0 aromatic rings. The largest absolute Gasteiger partial charge is 0.232 e. The van der Waals surface area contributed by atoms with Crippen molar-refractivity contribution in [3.05, 3.63) is 0 Å². The van der Waals surface area contributed by atoms with Crippen molar-refractivity contribution in [2.75, 3.05) is 12.8 Å². The highest BCUT2D eigenvalue weighted by atomic mass is 32.2. The number of nitrogens with one attached hydrogen (secondary N) is 1. The molecular weight excluding hydrogens is 170 g/mol. The maximum absolute atomic E-state index is 5.01. The quantitative estimate of drug-likeness (QED) is 0.362. The summed E-state index contributed by atoms with van der Waals surface area (Å²) in [5, 5.41) is 0. The van der Waals surface area contributed by atoms with Crippen LogP contribution in [0.3, 0.4) is 0 Å². The Labute approximate surface area is 80.6 Å². The van der Waals surface area contributed by atoms with Gasteiger partial charge >= 0.3 is 0 Å². The van der Waals surface area contributed by atoms with Gasteiger partial charge in [-0.3, -0.25) is 0 Å². The highest BCUT2D eigenvalue weighted by Gasteiger charge is 2.04. The predicted octanol–water partition coefficient (Wildman–Crippen LogP) is 3.00. The molecule has 0 fully saturated rings. The van der Waals surface area contributed by atoms with Crippen molar-refractivity contribution in [1.82, 2.24) is 5.48 Å². The van der Waals surface area contributed by atoms with Gasteiger partial charge in [0, 0.05) is 24.8 Å². The first-order valence-corrected chi connectivity index (χ1v) is 5.92. The molecule has 1 atom stereocenters. The minimum atomic E-state index is 0.775. The number of unbranched alkanes of at least 4 members (excludes halogenated alkanes) is 1. The van der Waals surface area contributed by atoms with Crippen molar-refractivity contribution in [2.24, 2.45) is 5.92 Å². The van der Waals surface area contributed by atoms with E-state index in [1.165, 1.54) is 37.7 Å². The number of rotatable bonds is 8. The molecule has 0 aromatic carbocycles. The number of hydroxylamine groups is 1. The summed E-state index contributed by atoms with van der Waals surface area (Å²) in [5.74, 6) is 0.775. The van der Waals surface area contributed by atoms with Gasteiger partial charge in [-0.15, -0.1) is 0 Å². The zero-order valence-corrected chi connectivity index (χ0v) is 9.25. The Hall–Kier alpha value is 0.270. The summed E-state index contributed by atoms with van der Waals surface area (Å²) in [5.41, 5.74) is 2.96. The Balaban J connectivity index is 3.26. The third-order valence-corrected chi connectivity index (χ3v) is 2.34. The fraction of sp³-hybridized carbons (Fsp3) is 1.00. The Bertz CT molecular complexity index is 90.6. The van der Waals surface area contributed by atoms with Crippen LogP contribution in [0.4, 0.5) is 0 Å². The molecule has 0 bridgehead atoms. The first-order valence-electron chi connectivity index (χ1n) is 4.77. The maximum atomic E-state index is 5.01. The third-order valence-electron chi connectivity index (χ3n) is 2.06. The van der Waals surface area contributed by atoms with E-state index >= 15 is 0 Å². The maximum Gasteiger partial charge on any atom is 0.0250 e. The van der Waals surface area contributed by atoms with E-state index in [2.05, 4.69) is 19.3 Å². The molecule has 0 spiro atoms. The van der Waals surface area contributed by atoms with E-state index in [1.54, 1.807) is 0 Å². The zero-order valence-electron chi connectivity index (χ0n) is 8.43. The van der Waals surface area contributed by atoms with Crippen molar-refractivity contribution in [2.45, 2.75) is 39.5 Å². The summed E-state index contributed by atoms with van der Waals surface area (Å²) < 4.78 is 5.01. The van der Waals surface area contributed by atoms with E-state index in [9.17, 15) is 0 Å². The molecule has 74 valence electrons. The average Bonchev–Trinajstić information content (AvgIpc) is 2.11. The minimum absolute atomic E-state index is 0.775. The summed E-state index contributed by atoms with van der Waals surface area (Å²) >= 11 is 1.37. The summed E-state index contributed by atoms with van der Waals surface area (Å²) in [6.07, 6.45) is 7.10. The van der Waals surface area contributed by atoms with Gasteiger partial charge in [-0.1, -0.05) is 33.1 Å². The molecule has 0 radical (unpaired) electrons. The second-order valence-electron chi connectivity index (χ2n) is 3.01. The second kappa shape index (κ2) is 9.36. The summed E-state index contributed by atoms with van der Waals surface area (Å²) in [4.78, 5) is 0. The van der Waals surface area contributed by atoms with E-state index in [0.29, 0.717) is 0 Å². The average molecular weight is 191 g/mol. The lowest BCUT2D eigenvalue weighted by molar-refractivity contribution is 0.207. The van der Waals surface area contributed by atoms with Crippen LogP contribution in [0.15, 0.2) is 0 Å². The topological polar surface area (TPSA) is 21.3 Å². The van der Waals surface area contributed by atoms with E-state index in [1.807, 2.05) is 6.26 Å². The highest BCUT2D eigenvalue weighted by molar-refractivity contribution is 7.93. The van der Waals surface area contributed by atoms with Gasteiger partial charge in [-0.25, -0.2) is 4.28 Å². The van der Waals surface area contributed by atoms with Gasteiger partial charge in [0.05, 0.1) is 0 Å². The van der Waals surface area contributed by atoms with Gasteiger partial charge in [-0.05, 0) is 12.3 Å². The zero-order chi connectivity index (χ0) is 9.23. The molecule has 0 heterocycles. The fourth-order valence-corrected chi connectivity index (χ4v) is 1.34. The van der Waals surface area contributed by atoms with Crippen molar-refractivity contribution in [3.63, 3.8) is 0 Å². The first kappa shape index (κ1) is 12.3. The molecule has 0 aromatic heterocycles. The molecular formula is C9H21NOS. The molecule has 0 aliphatic heterocycles. The first-order chi connectivity index (χ1) is 5.85. The molecule has 0 amide bonds. The Morgan fingerprint density at radius 1 is 1.42 bits per heavy atom. The summed E-state index contributed by atoms with van der Waals surface area (Å²) in [6.45, 7) is 5.46. The number of hydrogen-bond acceptors (Lipinski definition) is 3. The van der Waals surface area contributed by atoms with Crippen LogP contribution < -0.4 is 5.48 Å². The van der Waals surface area contributed by atoms with Gasteiger partial charge in [0.25, 0.3) is 0 Å². The highest BCUT2D eigenvalue weighted by Crippen LogP contribution is 2.11. The lowest BCUT2D eigenvalue weighted by Gasteiger charge is -2.13. The van der Waals surface area contributed by atoms with Crippen molar-refractivity contribution in [1.29, 1.82) is 0 Å². The lowest BCUT2D eigenvalue weighted by Crippen LogP contribution is -2.20. The van der Waals surface area contributed by atoms with Crippen LogP contribution in [0.25, 0.3) is 0 Å². The van der Waals surface area contributed by atoms with Gasteiger partial charge in [0.15, 0.2) is 0 Å². The SMILES string of the molecule is CCCCC(CC)CNOSC. The van der Waals surface area contributed by atoms with E-state index in [0.717, 1.165) is 12.5 Å². The molecule has 3 heteroatoms. The van der Waals surface area contributed by atoms with Crippen molar-refractivity contribution >= 4 is 12.0 Å². The molecule has 1 N–H and O–H groups in total. The van der Waals surface area contributed by atoms with E-state index in [4.69, 9.17) is 4.28 Å². The minimum Gasteiger partial charge on any atom is -0.232 e. The molecule has 2 nitrogen and oxygen atoms in total. The molecule has 1 unspecified atom stereocenters. The molecule has 0 saturated heterocycles. The van der Waals surface area contributed by atoms with Crippen LogP contribution in [0.1, 0.15) is 39.5 Å². The van der Waals surface area contributed by atoms with Crippen LogP contribution >= 0.6 is 12.0 Å². The Morgan fingerprint density at radius 2 is 2.17 bits per heavy atom. The Morgan fingerprint density at radius 3 is 2.67 bits per heavy atom. The summed E-state index contributed by atoms with van der Waals surface area (Å²) in [6, 6.07) is 0. The predicted molar refractivity (Wildman–Crippen MR) is 55.9 cm³/mol. The van der Waals surface area contributed by atoms with Crippen molar-refractivity contribution < 1.29 is 4.28 Å². The number of hydrogen-bond donors (Lipinski definition) is 1. The van der Waals surface area contributed by atoms with Gasteiger partial charge in [0.2, 0.25) is 0 Å². The van der Waals surface area contributed by atoms with Crippen LogP contribution in [0.5, 0.6) is 0 Å². The molecule has 0 aliphatic rings. The van der Waals surface area contributed by atoms with Gasteiger partial charge < -0.3 is 0 Å².